The van der Waals surface area contributed by atoms with Crippen molar-refractivity contribution in [1.82, 2.24) is 0 Å². The van der Waals surface area contributed by atoms with E-state index in [4.69, 9.17) is 5.26 Å². The summed E-state index contributed by atoms with van der Waals surface area (Å²) >= 11 is 0. The molecule has 56 valence electrons. The molecular formula is C4H7F3O2. The minimum absolute atomic E-state index is 0.729. The number of halogens is 3. The Morgan fingerprint density at radius 2 is 1.56 bits per heavy atom. The van der Waals surface area contributed by atoms with Gasteiger partial charge in [0.1, 0.15) is 0 Å². The van der Waals surface area contributed by atoms with Crippen LogP contribution in [0.2, 0.25) is 0 Å². The van der Waals surface area contributed by atoms with Crippen molar-refractivity contribution in [3.05, 3.63) is 0 Å². The second kappa shape index (κ2) is 2.15. The maximum Gasteiger partial charge on any atom is 0.420 e. The largest absolute Gasteiger partial charge is 0.420 e. The van der Waals surface area contributed by atoms with Crippen LogP contribution in [0.3, 0.4) is 0 Å². The summed E-state index contributed by atoms with van der Waals surface area (Å²) in [6.07, 6.45) is -4.53. The average Bonchev–Trinajstić information content (AvgIpc) is 1.64. The maximum absolute atomic E-state index is 11.5. The van der Waals surface area contributed by atoms with E-state index in [-0.39, 0.29) is 0 Å². The Kier molecular flexibility index (Phi) is 2.08. The molecule has 0 heterocycles. The first-order valence-electron chi connectivity index (χ1n) is 2.20. The Morgan fingerprint density at radius 3 is 1.56 bits per heavy atom. The van der Waals surface area contributed by atoms with E-state index in [9.17, 15) is 13.2 Å². The Labute approximate surface area is 50.2 Å². The van der Waals surface area contributed by atoms with Crippen LogP contribution in [0.4, 0.5) is 13.2 Å². The van der Waals surface area contributed by atoms with E-state index in [1.165, 1.54) is 0 Å². The Morgan fingerprint density at radius 1 is 1.22 bits per heavy atom. The summed E-state index contributed by atoms with van der Waals surface area (Å²) in [5, 5.41) is 7.71. The molecule has 1 N–H and O–H groups in total. The van der Waals surface area contributed by atoms with Crippen LogP contribution in [0.5, 0.6) is 0 Å². The monoisotopic (exact) mass is 144 g/mol. The lowest BCUT2D eigenvalue weighted by atomic mass is 10.1. The normalized spacial score (nSPS) is 14.0. The summed E-state index contributed by atoms with van der Waals surface area (Å²) in [5.74, 6) is 0. The molecule has 2 nitrogen and oxygen atoms in total. The zero-order chi connectivity index (χ0) is 7.71. The van der Waals surface area contributed by atoms with Crippen LogP contribution < -0.4 is 0 Å². The summed E-state index contributed by atoms with van der Waals surface area (Å²) in [7, 11) is 0. The van der Waals surface area contributed by atoms with Gasteiger partial charge in [0.15, 0.2) is 5.60 Å². The fourth-order valence-electron chi connectivity index (χ4n) is 0.0518. The first-order valence-corrected chi connectivity index (χ1v) is 2.20. The second-order valence-electron chi connectivity index (χ2n) is 2.10. The van der Waals surface area contributed by atoms with E-state index in [0.29, 0.717) is 0 Å². The van der Waals surface area contributed by atoms with E-state index in [0.717, 1.165) is 13.8 Å². The lowest BCUT2D eigenvalue weighted by Crippen LogP contribution is -2.40. The van der Waals surface area contributed by atoms with Gasteiger partial charge in [-0.15, -0.1) is 0 Å². The fraction of sp³-hybridized carbons (Fsp3) is 1.00. The third-order valence-corrected chi connectivity index (χ3v) is 0.911. The van der Waals surface area contributed by atoms with Crippen molar-refractivity contribution in [3.8, 4) is 0 Å². The molecule has 0 bridgehead atoms. The molecule has 0 aromatic rings. The van der Waals surface area contributed by atoms with Crippen LogP contribution in [0.25, 0.3) is 0 Å². The molecule has 0 amide bonds. The van der Waals surface area contributed by atoms with Gasteiger partial charge in [-0.3, -0.25) is 5.26 Å². The van der Waals surface area contributed by atoms with E-state index in [2.05, 4.69) is 4.89 Å². The molecule has 0 aromatic heterocycles. The first-order chi connectivity index (χ1) is 3.81. The van der Waals surface area contributed by atoms with Gasteiger partial charge in [-0.25, -0.2) is 4.89 Å². The summed E-state index contributed by atoms with van der Waals surface area (Å²) in [6.45, 7) is 1.46. The molecule has 9 heavy (non-hydrogen) atoms. The fourth-order valence-corrected chi connectivity index (χ4v) is 0.0518. The van der Waals surface area contributed by atoms with Gasteiger partial charge in [0.2, 0.25) is 0 Å². The molecule has 0 rings (SSSR count). The molecular weight excluding hydrogens is 137 g/mol. The van der Waals surface area contributed by atoms with E-state index < -0.39 is 11.8 Å². The zero-order valence-corrected chi connectivity index (χ0v) is 4.99. The van der Waals surface area contributed by atoms with Crippen LogP contribution >= 0.6 is 0 Å². The van der Waals surface area contributed by atoms with Crippen LogP contribution in [-0.2, 0) is 4.89 Å². The highest BCUT2D eigenvalue weighted by atomic mass is 19.4. The van der Waals surface area contributed by atoms with Crippen molar-refractivity contribution in [1.29, 1.82) is 0 Å². The number of hydrogen-bond donors (Lipinski definition) is 1. The Bertz CT molecular complexity index is 96.5. The molecule has 0 aromatic carbocycles. The first kappa shape index (κ1) is 8.71. The number of hydrogen-bond acceptors (Lipinski definition) is 2. The molecule has 0 saturated carbocycles. The highest BCUT2D eigenvalue weighted by Crippen LogP contribution is 2.31. The van der Waals surface area contributed by atoms with Crippen molar-refractivity contribution in [2.24, 2.45) is 0 Å². The smallest absolute Gasteiger partial charge is 0.251 e. The molecule has 0 saturated heterocycles. The van der Waals surface area contributed by atoms with Gasteiger partial charge in [0.25, 0.3) is 0 Å². The predicted octanol–water partition coefficient (Wildman–Crippen LogP) is 1.82. The number of alkyl halides is 3. The van der Waals surface area contributed by atoms with Gasteiger partial charge in [0.05, 0.1) is 0 Å². The molecule has 0 atom stereocenters. The van der Waals surface area contributed by atoms with Crippen molar-refractivity contribution in [3.63, 3.8) is 0 Å². The Balaban J connectivity index is 4.14. The molecule has 0 aliphatic heterocycles. The highest BCUT2D eigenvalue weighted by Gasteiger charge is 2.49. The third-order valence-electron chi connectivity index (χ3n) is 0.911. The zero-order valence-electron chi connectivity index (χ0n) is 4.99. The van der Waals surface area contributed by atoms with Gasteiger partial charge in [-0.05, 0) is 13.8 Å². The molecule has 0 spiro atoms. The van der Waals surface area contributed by atoms with Crippen LogP contribution in [0.15, 0.2) is 0 Å². The van der Waals surface area contributed by atoms with E-state index in [1.54, 1.807) is 0 Å². The number of rotatable bonds is 1. The molecule has 0 unspecified atom stereocenters. The second-order valence-corrected chi connectivity index (χ2v) is 2.10. The lowest BCUT2D eigenvalue weighted by Gasteiger charge is -2.22. The van der Waals surface area contributed by atoms with Crippen LogP contribution in [0, 0.1) is 0 Å². The van der Waals surface area contributed by atoms with Gasteiger partial charge in [-0.2, -0.15) is 13.2 Å². The molecule has 0 fully saturated rings. The van der Waals surface area contributed by atoms with Crippen molar-refractivity contribution < 1.29 is 23.3 Å². The van der Waals surface area contributed by atoms with Crippen molar-refractivity contribution in [2.45, 2.75) is 25.6 Å². The van der Waals surface area contributed by atoms with Gasteiger partial charge >= 0.3 is 6.18 Å². The van der Waals surface area contributed by atoms with Gasteiger partial charge in [0, 0.05) is 0 Å². The summed E-state index contributed by atoms with van der Waals surface area (Å²) in [6, 6.07) is 0. The topological polar surface area (TPSA) is 29.5 Å². The molecule has 0 aliphatic carbocycles. The van der Waals surface area contributed by atoms with Gasteiger partial charge < -0.3 is 0 Å². The highest BCUT2D eigenvalue weighted by molar-refractivity contribution is 4.75. The Hall–Kier alpha value is -0.290. The van der Waals surface area contributed by atoms with Crippen LogP contribution in [-0.4, -0.2) is 17.0 Å². The summed E-state index contributed by atoms with van der Waals surface area (Å²) < 4.78 is 34.6. The summed E-state index contributed by atoms with van der Waals surface area (Å²) in [5.41, 5.74) is -2.47. The standard InChI is InChI=1S/C4H7F3O2/c1-3(2,9-8)4(5,6)7/h8H,1-2H3. The molecule has 0 radical (unpaired) electrons. The van der Waals surface area contributed by atoms with Crippen LogP contribution in [0.1, 0.15) is 13.8 Å². The third kappa shape index (κ3) is 1.83. The summed E-state index contributed by atoms with van der Waals surface area (Å²) in [4.78, 5) is 3.18. The van der Waals surface area contributed by atoms with Gasteiger partial charge in [-0.1, -0.05) is 0 Å². The minimum Gasteiger partial charge on any atom is -0.251 e. The predicted molar refractivity (Wildman–Crippen MR) is 23.8 cm³/mol. The quantitative estimate of drug-likeness (QED) is 0.449. The molecule has 5 heteroatoms. The SMILES string of the molecule is CC(C)(OO)C(F)(F)F. The van der Waals surface area contributed by atoms with Crippen molar-refractivity contribution >= 4 is 0 Å². The minimum atomic E-state index is -4.53. The molecule has 0 aliphatic rings. The van der Waals surface area contributed by atoms with Crippen molar-refractivity contribution in [2.75, 3.05) is 0 Å². The van der Waals surface area contributed by atoms with E-state index in [1.807, 2.05) is 0 Å². The lowest BCUT2D eigenvalue weighted by molar-refractivity contribution is -0.389. The average molecular weight is 144 g/mol. The van der Waals surface area contributed by atoms with E-state index >= 15 is 0 Å². The maximum atomic E-state index is 11.5.